The van der Waals surface area contributed by atoms with Gasteiger partial charge in [-0.05, 0) is 44.0 Å². The van der Waals surface area contributed by atoms with Gasteiger partial charge in [0.1, 0.15) is 0 Å². The molecule has 1 N–H and O–H groups in total. The van der Waals surface area contributed by atoms with E-state index in [1.165, 1.54) is 11.1 Å². The second-order valence-electron chi connectivity index (χ2n) is 7.41. The summed E-state index contributed by atoms with van der Waals surface area (Å²) in [7, 11) is 2.10. The quantitative estimate of drug-likeness (QED) is 0.731. The standard InChI is InChI=1S/C22H26N4O/c1-25(20-10-5-11-21(20)27)15-19-16-26(14-17-7-3-2-4-8-17)24-22(19)18-9-6-12-23-13-18/h2-4,6-9,12-13,16,20-21,27H,5,10-11,14-15H2,1H3/t20-,21-/m1/s1. The van der Waals surface area contributed by atoms with Gasteiger partial charge in [-0.1, -0.05) is 30.3 Å². The molecule has 5 heteroatoms. The molecule has 0 aliphatic heterocycles. The van der Waals surface area contributed by atoms with Crippen molar-refractivity contribution in [1.29, 1.82) is 0 Å². The smallest absolute Gasteiger partial charge is 0.0983 e. The number of likely N-dealkylation sites (N-methyl/N-ethyl adjacent to an activating group) is 1. The Bertz CT molecular complexity index is 863. The normalized spacial score (nSPS) is 19.7. The molecule has 0 radical (unpaired) electrons. The van der Waals surface area contributed by atoms with E-state index in [2.05, 4.69) is 53.5 Å². The maximum atomic E-state index is 10.3. The molecule has 2 atom stereocenters. The van der Waals surface area contributed by atoms with E-state index in [1.807, 2.05) is 23.0 Å². The van der Waals surface area contributed by atoms with Gasteiger partial charge in [0.15, 0.2) is 0 Å². The molecule has 0 unspecified atom stereocenters. The average Bonchev–Trinajstić information content (AvgIpc) is 3.29. The van der Waals surface area contributed by atoms with Gasteiger partial charge in [0.2, 0.25) is 0 Å². The van der Waals surface area contributed by atoms with Crippen LogP contribution in [0.4, 0.5) is 0 Å². The first-order valence-corrected chi connectivity index (χ1v) is 9.59. The summed E-state index contributed by atoms with van der Waals surface area (Å²) in [6, 6.07) is 14.6. The Hall–Kier alpha value is -2.50. The van der Waals surface area contributed by atoms with Crippen LogP contribution in [0.5, 0.6) is 0 Å². The molecular formula is C22H26N4O. The number of aromatic nitrogens is 3. The zero-order valence-corrected chi connectivity index (χ0v) is 15.7. The second-order valence-corrected chi connectivity index (χ2v) is 7.41. The molecular weight excluding hydrogens is 336 g/mol. The topological polar surface area (TPSA) is 54.2 Å². The molecule has 0 saturated heterocycles. The summed E-state index contributed by atoms with van der Waals surface area (Å²) in [5.41, 5.74) is 4.39. The second kappa shape index (κ2) is 8.03. The maximum absolute atomic E-state index is 10.3. The molecule has 1 aliphatic carbocycles. The number of pyridine rings is 1. The number of benzene rings is 1. The first-order valence-electron chi connectivity index (χ1n) is 9.59. The lowest BCUT2D eigenvalue weighted by molar-refractivity contribution is 0.0825. The number of rotatable bonds is 6. The molecule has 0 bridgehead atoms. The molecule has 1 fully saturated rings. The third kappa shape index (κ3) is 4.10. The summed E-state index contributed by atoms with van der Waals surface area (Å²) in [4.78, 5) is 6.53. The van der Waals surface area contributed by atoms with Crippen LogP contribution < -0.4 is 0 Å². The monoisotopic (exact) mass is 362 g/mol. The molecule has 1 aromatic carbocycles. The summed E-state index contributed by atoms with van der Waals surface area (Å²) in [6.07, 6.45) is 8.60. The minimum absolute atomic E-state index is 0.226. The highest BCUT2D eigenvalue weighted by Crippen LogP contribution is 2.27. The van der Waals surface area contributed by atoms with Crippen molar-refractivity contribution in [3.05, 3.63) is 72.2 Å². The molecule has 2 heterocycles. The molecule has 0 spiro atoms. The van der Waals surface area contributed by atoms with Gasteiger partial charge in [0.05, 0.1) is 18.3 Å². The zero-order valence-electron chi connectivity index (χ0n) is 15.7. The predicted molar refractivity (Wildman–Crippen MR) is 106 cm³/mol. The van der Waals surface area contributed by atoms with Crippen LogP contribution in [0.2, 0.25) is 0 Å². The fraction of sp³-hybridized carbons (Fsp3) is 0.364. The van der Waals surface area contributed by atoms with E-state index in [0.717, 1.165) is 43.6 Å². The van der Waals surface area contributed by atoms with Crippen molar-refractivity contribution in [2.45, 2.75) is 44.5 Å². The average molecular weight is 362 g/mol. The molecule has 5 nitrogen and oxygen atoms in total. The van der Waals surface area contributed by atoms with Crippen LogP contribution >= 0.6 is 0 Å². The van der Waals surface area contributed by atoms with E-state index >= 15 is 0 Å². The lowest BCUT2D eigenvalue weighted by Gasteiger charge is -2.26. The van der Waals surface area contributed by atoms with E-state index in [4.69, 9.17) is 5.10 Å². The van der Waals surface area contributed by atoms with Crippen LogP contribution in [0, 0.1) is 0 Å². The lowest BCUT2D eigenvalue weighted by Crippen LogP contribution is -2.37. The number of hydrogen-bond donors (Lipinski definition) is 1. The largest absolute Gasteiger partial charge is 0.391 e. The third-order valence-corrected chi connectivity index (χ3v) is 5.39. The fourth-order valence-corrected chi connectivity index (χ4v) is 4.00. The molecule has 27 heavy (non-hydrogen) atoms. The van der Waals surface area contributed by atoms with Crippen molar-refractivity contribution in [3.63, 3.8) is 0 Å². The Morgan fingerprint density at radius 3 is 2.70 bits per heavy atom. The Labute approximate surface area is 160 Å². The van der Waals surface area contributed by atoms with Gasteiger partial charge < -0.3 is 5.11 Å². The first-order chi connectivity index (χ1) is 13.2. The minimum Gasteiger partial charge on any atom is -0.391 e. The Balaban J connectivity index is 1.62. The van der Waals surface area contributed by atoms with E-state index in [1.54, 1.807) is 6.20 Å². The highest BCUT2D eigenvalue weighted by molar-refractivity contribution is 5.61. The first kappa shape index (κ1) is 17.9. The summed E-state index contributed by atoms with van der Waals surface area (Å²) in [6.45, 7) is 1.50. The minimum atomic E-state index is -0.226. The van der Waals surface area contributed by atoms with Crippen molar-refractivity contribution in [1.82, 2.24) is 19.7 Å². The summed E-state index contributed by atoms with van der Waals surface area (Å²) in [5.74, 6) is 0. The van der Waals surface area contributed by atoms with Gasteiger partial charge in [0, 0.05) is 42.3 Å². The summed E-state index contributed by atoms with van der Waals surface area (Å²) in [5, 5.41) is 15.1. The Morgan fingerprint density at radius 2 is 2.00 bits per heavy atom. The van der Waals surface area contributed by atoms with Crippen LogP contribution in [-0.4, -0.2) is 44.0 Å². The predicted octanol–water partition coefficient (Wildman–Crippen LogP) is 3.34. The molecule has 0 amide bonds. The van der Waals surface area contributed by atoms with E-state index in [0.29, 0.717) is 0 Å². The van der Waals surface area contributed by atoms with Crippen molar-refractivity contribution in [2.75, 3.05) is 7.05 Å². The van der Waals surface area contributed by atoms with Crippen LogP contribution in [0.15, 0.2) is 61.1 Å². The summed E-state index contributed by atoms with van der Waals surface area (Å²) >= 11 is 0. The Morgan fingerprint density at radius 1 is 1.15 bits per heavy atom. The SMILES string of the molecule is CN(Cc1cn(Cc2ccccc2)nc1-c1cccnc1)[C@@H]1CCC[C@H]1O. The summed E-state index contributed by atoms with van der Waals surface area (Å²) < 4.78 is 2.01. The molecule has 3 aromatic rings. The highest BCUT2D eigenvalue weighted by Gasteiger charge is 2.29. The van der Waals surface area contributed by atoms with Crippen molar-refractivity contribution in [3.8, 4) is 11.3 Å². The van der Waals surface area contributed by atoms with Gasteiger partial charge in [-0.25, -0.2) is 0 Å². The van der Waals surface area contributed by atoms with Crippen molar-refractivity contribution >= 4 is 0 Å². The Kier molecular flexibility index (Phi) is 5.32. The number of aliphatic hydroxyl groups is 1. The van der Waals surface area contributed by atoms with Gasteiger partial charge in [0.25, 0.3) is 0 Å². The van der Waals surface area contributed by atoms with Gasteiger partial charge >= 0.3 is 0 Å². The highest BCUT2D eigenvalue weighted by atomic mass is 16.3. The zero-order chi connectivity index (χ0) is 18.6. The van der Waals surface area contributed by atoms with E-state index in [9.17, 15) is 5.11 Å². The number of nitrogens with zero attached hydrogens (tertiary/aromatic N) is 4. The molecule has 2 aromatic heterocycles. The van der Waals surface area contributed by atoms with Crippen LogP contribution in [0.1, 0.15) is 30.4 Å². The van der Waals surface area contributed by atoms with E-state index in [-0.39, 0.29) is 12.1 Å². The van der Waals surface area contributed by atoms with Crippen molar-refractivity contribution < 1.29 is 5.11 Å². The maximum Gasteiger partial charge on any atom is 0.0983 e. The van der Waals surface area contributed by atoms with Gasteiger partial charge in [-0.3, -0.25) is 14.6 Å². The number of hydrogen-bond acceptors (Lipinski definition) is 4. The van der Waals surface area contributed by atoms with Crippen molar-refractivity contribution in [2.24, 2.45) is 0 Å². The fourth-order valence-electron chi connectivity index (χ4n) is 4.00. The molecule has 4 rings (SSSR count). The lowest BCUT2D eigenvalue weighted by atomic mass is 10.1. The molecule has 140 valence electrons. The van der Waals surface area contributed by atoms with Crippen LogP contribution in [-0.2, 0) is 13.1 Å². The third-order valence-electron chi connectivity index (χ3n) is 5.39. The molecule has 1 aliphatic rings. The number of aliphatic hydroxyl groups excluding tert-OH is 1. The van der Waals surface area contributed by atoms with Crippen LogP contribution in [0.3, 0.4) is 0 Å². The molecule has 1 saturated carbocycles. The van der Waals surface area contributed by atoms with Crippen LogP contribution in [0.25, 0.3) is 11.3 Å². The van der Waals surface area contributed by atoms with Gasteiger partial charge in [-0.15, -0.1) is 0 Å². The van der Waals surface area contributed by atoms with E-state index < -0.39 is 0 Å². The van der Waals surface area contributed by atoms with Gasteiger partial charge in [-0.2, -0.15) is 5.10 Å².